The fourth-order valence-electron chi connectivity index (χ4n) is 1.28. The van der Waals surface area contributed by atoms with Crippen molar-refractivity contribution in [2.45, 2.75) is 20.3 Å². The number of carbonyl (C=O) groups is 2. The van der Waals surface area contributed by atoms with Gasteiger partial charge in [-0.25, -0.2) is 0 Å². The second-order valence-corrected chi connectivity index (χ2v) is 3.46. The van der Waals surface area contributed by atoms with Crippen molar-refractivity contribution in [1.29, 1.82) is 0 Å². The molecule has 0 radical (unpaired) electrons. The zero-order valence-electron chi connectivity index (χ0n) is 9.97. The van der Waals surface area contributed by atoms with Crippen LogP contribution in [0.5, 0.6) is 0 Å². The maximum absolute atomic E-state index is 11.4. The molecule has 0 aliphatic heterocycles. The second-order valence-electron chi connectivity index (χ2n) is 3.46. The number of pyridine rings is 1. The van der Waals surface area contributed by atoms with Gasteiger partial charge < -0.3 is 4.74 Å². The minimum atomic E-state index is -0.398. The monoisotopic (exact) mass is 233 g/mol. The van der Waals surface area contributed by atoms with E-state index in [1.165, 1.54) is 6.92 Å². The Bertz CT molecular complexity index is 424. The van der Waals surface area contributed by atoms with Gasteiger partial charge in [-0.15, -0.1) is 0 Å². The van der Waals surface area contributed by atoms with Gasteiger partial charge in [0.15, 0.2) is 5.78 Å². The van der Waals surface area contributed by atoms with E-state index in [1.807, 2.05) is 6.07 Å². The van der Waals surface area contributed by atoms with E-state index in [1.54, 1.807) is 31.3 Å². The van der Waals surface area contributed by atoms with Crippen molar-refractivity contribution in [2.24, 2.45) is 0 Å². The third-order valence-corrected chi connectivity index (χ3v) is 2.10. The number of ketones is 1. The van der Waals surface area contributed by atoms with Crippen LogP contribution in [0.15, 0.2) is 30.0 Å². The number of esters is 1. The van der Waals surface area contributed by atoms with Crippen molar-refractivity contribution in [2.75, 3.05) is 6.61 Å². The number of rotatable bonds is 5. The van der Waals surface area contributed by atoms with Crippen LogP contribution in [0.25, 0.3) is 6.08 Å². The van der Waals surface area contributed by atoms with Crippen LogP contribution >= 0.6 is 0 Å². The summed E-state index contributed by atoms with van der Waals surface area (Å²) in [7, 11) is 0. The second kappa shape index (κ2) is 6.58. The Hall–Kier alpha value is -1.97. The molecule has 1 aromatic heterocycles. The third kappa shape index (κ3) is 4.59. The first-order valence-corrected chi connectivity index (χ1v) is 5.41. The van der Waals surface area contributed by atoms with Crippen molar-refractivity contribution >= 4 is 17.8 Å². The van der Waals surface area contributed by atoms with Gasteiger partial charge >= 0.3 is 5.97 Å². The Kier molecular flexibility index (Phi) is 5.07. The maximum Gasteiger partial charge on any atom is 0.310 e. The summed E-state index contributed by atoms with van der Waals surface area (Å²) in [5, 5.41) is 0. The molecule has 17 heavy (non-hydrogen) atoms. The summed E-state index contributed by atoms with van der Waals surface area (Å²) >= 11 is 0. The lowest BCUT2D eigenvalue weighted by Gasteiger charge is -2.03. The number of hydrogen-bond donors (Lipinski definition) is 0. The summed E-state index contributed by atoms with van der Waals surface area (Å²) in [5.41, 5.74) is 1.06. The van der Waals surface area contributed by atoms with Crippen LogP contribution in [0.3, 0.4) is 0 Å². The zero-order valence-corrected chi connectivity index (χ0v) is 9.97. The predicted molar refractivity (Wildman–Crippen MR) is 64.1 cm³/mol. The highest BCUT2D eigenvalue weighted by atomic mass is 16.5. The lowest BCUT2D eigenvalue weighted by molar-refractivity contribution is -0.142. The van der Waals surface area contributed by atoms with Gasteiger partial charge in [0.05, 0.1) is 18.7 Å². The minimum absolute atomic E-state index is 0.0141. The van der Waals surface area contributed by atoms with Gasteiger partial charge in [-0.05, 0) is 32.1 Å². The molecule has 0 bridgehead atoms. The summed E-state index contributed by atoms with van der Waals surface area (Å²) in [6, 6.07) is 5.38. The molecule has 4 heteroatoms. The average Bonchev–Trinajstić information content (AvgIpc) is 2.29. The van der Waals surface area contributed by atoms with Gasteiger partial charge in [0, 0.05) is 11.8 Å². The molecule has 0 spiro atoms. The van der Waals surface area contributed by atoms with E-state index >= 15 is 0 Å². The smallest absolute Gasteiger partial charge is 0.310 e. The van der Waals surface area contributed by atoms with E-state index in [2.05, 4.69) is 4.98 Å². The van der Waals surface area contributed by atoms with Gasteiger partial charge in [0.25, 0.3) is 0 Å². The molecule has 0 aromatic carbocycles. The highest BCUT2D eigenvalue weighted by molar-refractivity contribution is 6.01. The lowest BCUT2D eigenvalue weighted by Crippen LogP contribution is -2.09. The van der Waals surface area contributed by atoms with Crippen LogP contribution in [0.1, 0.15) is 26.0 Å². The number of nitrogens with zero attached hydrogens (tertiary/aromatic N) is 1. The zero-order chi connectivity index (χ0) is 12.7. The Morgan fingerprint density at radius 3 is 2.71 bits per heavy atom. The lowest BCUT2D eigenvalue weighted by atomic mass is 10.1. The SMILES string of the molecule is CCOC(=O)C/C(=C\c1ccccn1)C(C)=O. The highest BCUT2D eigenvalue weighted by Crippen LogP contribution is 2.10. The van der Waals surface area contributed by atoms with Gasteiger partial charge in [-0.2, -0.15) is 0 Å². The quantitative estimate of drug-likeness (QED) is 0.576. The third-order valence-electron chi connectivity index (χ3n) is 2.10. The molecule has 0 aliphatic rings. The largest absolute Gasteiger partial charge is 0.466 e. The number of aromatic nitrogens is 1. The highest BCUT2D eigenvalue weighted by Gasteiger charge is 2.11. The number of Topliss-reactive ketones (excluding diaryl/α,β-unsaturated/α-hetero) is 1. The van der Waals surface area contributed by atoms with Crippen LogP contribution in [0, 0.1) is 0 Å². The van der Waals surface area contributed by atoms with Crippen molar-refractivity contribution in [3.63, 3.8) is 0 Å². The van der Waals surface area contributed by atoms with E-state index in [0.717, 1.165) is 0 Å². The van der Waals surface area contributed by atoms with E-state index in [-0.39, 0.29) is 12.2 Å². The molecule has 4 nitrogen and oxygen atoms in total. The summed E-state index contributed by atoms with van der Waals surface area (Å²) in [4.78, 5) is 26.8. The van der Waals surface area contributed by atoms with Crippen molar-refractivity contribution < 1.29 is 14.3 Å². The molecular formula is C13H15NO3. The van der Waals surface area contributed by atoms with E-state index in [9.17, 15) is 9.59 Å². The van der Waals surface area contributed by atoms with E-state index < -0.39 is 5.97 Å². The van der Waals surface area contributed by atoms with Crippen molar-refractivity contribution in [3.05, 3.63) is 35.7 Å². The molecule has 0 saturated heterocycles. The average molecular weight is 233 g/mol. The number of ether oxygens (including phenoxy) is 1. The molecule has 1 rings (SSSR count). The Morgan fingerprint density at radius 1 is 1.41 bits per heavy atom. The Labute approximate surface area is 100 Å². The molecular weight excluding hydrogens is 218 g/mol. The topological polar surface area (TPSA) is 56.3 Å². The Balaban J connectivity index is 2.83. The van der Waals surface area contributed by atoms with Crippen molar-refractivity contribution in [3.8, 4) is 0 Å². The molecule has 0 amide bonds. The summed E-state index contributed by atoms with van der Waals surface area (Å²) in [5.74, 6) is -0.548. The molecule has 0 unspecified atom stereocenters. The van der Waals surface area contributed by atoms with Crippen LogP contribution in [0.4, 0.5) is 0 Å². The molecule has 1 aromatic rings. The number of hydrogen-bond acceptors (Lipinski definition) is 4. The standard InChI is InChI=1S/C13H15NO3/c1-3-17-13(16)9-11(10(2)15)8-12-6-4-5-7-14-12/h4-8H,3,9H2,1-2H3/b11-8+. The molecule has 0 atom stereocenters. The number of carbonyl (C=O) groups excluding carboxylic acids is 2. The maximum atomic E-state index is 11.4. The predicted octanol–water partition coefficient (Wildman–Crippen LogP) is 2.01. The van der Waals surface area contributed by atoms with Gasteiger partial charge in [0.2, 0.25) is 0 Å². The summed E-state index contributed by atoms with van der Waals surface area (Å²) < 4.78 is 4.81. The molecule has 0 N–H and O–H groups in total. The van der Waals surface area contributed by atoms with E-state index in [0.29, 0.717) is 17.9 Å². The minimum Gasteiger partial charge on any atom is -0.466 e. The van der Waals surface area contributed by atoms with Gasteiger partial charge in [-0.1, -0.05) is 6.07 Å². The van der Waals surface area contributed by atoms with Crippen LogP contribution in [0.2, 0.25) is 0 Å². The first kappa shape index (κ1) is 13.1. The van der Waals surface area contributed by atoms with Crippen LogP contribution in [-0.2, 0) is 14.3 Å². The van der Waals surface area contributed by atoms with Crippen LogP contribution < -0.4 is 0 Å². The van der Waals surface area contributed by atoms with Crippen molar-refractivity contribution in [1.82, 2.24) is 4.98 Å². The fourth-order valence-corrected chi connectivity index (χ4v) is 1.28. The molecule has 0 fully saturated rings. The van der Waals surface area contributed by atoms with Crippen LogP contribution in [-0.4, -0.2) is 23.3 Å². The fraction of sp³-hybridized carbons (Fsp3) is 0.308. The Morgan fingerprint density at radius 2 is 2.18 bits per heavy atom. The first-order chi connectivity index (χ1) is 8.13. The van der Waals surface area contributed by atoms with E-state index in [4.69, 9.17) is 4.74 Å². The molecule has 90 valence electrons. The molecule has 1 heterocycles. The normalized spacial score (nSPS) is 11.1. The first-order valence-electron chi connectivity index (χ1n) is 5.41. The van der Waals surface area contributed by atoms with Gasteiger partial charge in [0.1, 0.15) is 0 Å². The summed E-state index contributed by atoms with van der Waals surface area (Å²) in [6.07, 6.45) is 3.23. The molecule has 0 aliphatic carbocycles. The van der Waals surface area contributed by atoms with Gasteiger partial charge in [-0.3, -0.25) is 14.6 Å². The molecule has 0 saturated carbocycles. The summed E-state index contributed by atoms with van der Waals surface area (Å²) in [6.45, 7) is 3.47.